The Kier molecular flexibility index (Phi) is 5.01. The Morgan fingerprint density at radius 1 is 1.32 bits per heavy atom. The first-order chi connectivity index (χ1) is 12.0. The van der Waals surface area contributed by atoms with Gasteiger partial charge in [-0.3, -0.25) is 14.4 Å². The number of hydrogen-bond donors (Lipinski definition) is 1. The highest BCUT2D eigenvalue weighted by atomic mass is 35.5. The summed E-state index contributed by atoms with van der Waals surface area (Å²) in [7, 11) is -1.19. The molecule has 1 atom stereocenters. The zero-order valence-electron chi connectivity index (χ0n) is 13.5. The fourth-order valence-electron chi connectivity index (χ4n) is 2.42. The fourth-order valence-corrected chi connectivity index (χ4v) is 3.47. The Labute approximate surface area is 152 Å². The van der Waals surface area contributed by atoms with Crippen LogP contribution in [0, 0.1) is 0 Å². The number of nitrogens with zero attached hydrogens (tertiary/aromatic N) is 2. The molecule has 25 heavy (non-hydrogen) atoms. The van der Waals surface area contributed by atoms with Crippen molar-refractivity contribution in [3.8, 4) is 0 Å². The van der Waals surface area contributed by atoms with Crippen LogP contribution in [0.5, 0.6) is 0 Å². The summed E-state index contributed by atoms with van der Waals surface area (Å²) in [5.74, 6) is 0.462. The molecule has 128 valence electrons. The first kappa shape index (κ1) is 17.4. The third-order valence-corrected chi connectivity index (χ3v) is 5.31. The molecule has 3 aromatic rings. The number of nitrogens with one attached hydrogen (secondary N) is 1. The van der Waals surface area contributed by atoms with E-state index >= 15 is 0 Å². The van der Waals surface area contributed by atoms with E-state index in [1.807, 2.05) is 13.0 Å². The number of anilines is 1. The topological polar surface area (TPSA) is 64.0 Å². The summed E-state index contributed by atoms with van der Waals surface area (Å²) in [6.07, 6.45) is 3.07. The van der Waals surface area contributed by atoms with Gasteiger partial charge in [-0.05, 0) is 35.9 Å². The lowest BCUT2D eigenvalue weighted by Crippen LogP contribution is -2.27. The minimum absolute atomic E-state index is 0.262. The predicted octanol–water partition coefficient (Wildman–Crippen LogP) is 3.70. The smallest absolute Gasteiger partial charge is 0.280 e. The van der Waals surface area contributed by atoms with Crippen LogP contribution in [0.3, 0.4) is 0 Å². The van der Waals surface area contributed by atoms with E-state index in [4.69, 9.17) is 11.6 Å². The highest BCUT2D eigenvalue weighted by Crippen LogP contribution is 2.24. The zero-order valence-corrected chi connectivity index (χ0v) is 15.1. The molecule has 7 heteroatoms. The summed E-state index contributed by atoms with van der Waals surface area (Å²) >= 11 is 6.05. The second-order valence-electron chi connectivity index (χ2n) is 5.29. The van der Waals surface area contributed by atoms with Gasteiger partial charge in [0.1, 0.15) is 6.33 Å². The van der Waals surface area contributed by atoms with Gasteiger partial charge in [0.2, 0.25) is 0 Å². The molecule has 5 nitrogen and oxygen atoms in total. The molecule has 0 aliphatic carbocycles. The Bertz CT molecular complexity index is 1050. The van der Waals surface area contributed by atoms with E-state index in [1.54, 1.807) is 36.4 Å². The number of benzene rings is 2. The molecule has 2 aromatic carbocycles. The van der Waals surface area contributed by atoms with Gasteiger partial charge in [-0.25, -0.2) is 9.66 Å². The van der Waals surface area contributed by atoms with Crippen LogP contribution in [0.15, 0.2) is 59.0 Å². The summed E-state index contributed by atoms with van der Waals surface area (Å²) in [5, 5.41) is 0.947. The van der Waals surface area contributed by atoms with E-state index < -0.39 is 10.8 Å². The third kappa shape index (κ3) is 3.50. The van der Waals surface area contributed by atoms with Crippen molar-refractivity contribution in [1.82, 2.24) is 9.66 Å². The van der Waals surface area contributed by atoms with Gasteiger partial charge in [-0.1, -0.05) is 37.2 Å². The van der Waals surface area contributed by atoms with E-state index in [-0.39, 0.29) is 5.56 Å². The quantitative estimate of drug-likeness (QED) is 0.740. The van der Waals surface area contributed by atoms with Crippen LogP contribution in [0.2, 0.25) is 5.02 Å². The van der Waals surface area contributed by atoms with Gasteiger partial charge in [-0.15, -0.1) is 0 Å². The SMILES string of the molecule is C=Cc1ccc2ncn(Nc3cc(Cl)ccc3S(=O)CC)c(=O)c2c1. The van der Waals surface area contributed by atoms with Crippen molar-refractivity contribution in [2.75, 3.05) is 11.2 Å². The number of hydrogen-bond acceptors (Lipinski definition) is 4. The van der Waals surface area contributed by atoms with Gasteiger partial charge < -0.3 is 0 Å². The first-order valence-electron chi connectivity index (χ1n) is 7.62. The average molecular weight is 374 g/mol. The maximum Gasteiger partial charge on any atom is 0.280 e. The largest absolute Gasteiger partial charge is 0.289 e. The van der Waals surface area contributed by atoms with Crippen LogP contribution in [-0.2, 0) is 10.8 Å². The number of halogens is 1. The maximum atomic E-state index is 12.8. The summed E-state index contributed by atoms with van der Waals surface area (Å²) < 4.78 is 13.5. The van der Waals surface area contributed by atoms with Gasteiger partial charge in [-0.2, -0.15) is 0 Å². The van der Waals surface area contributed by atoms with Gasteiger partial charge in [0.15, 0.2) is 0 Å². The van der Waals surface area contributed by atoms with Crippen LogP contribution in [0.25, 0.3) is 17.0 Å². The summed E-state index contributed by atoms with van der Waals surface area (Å²) in [5.41, 5.74) is 4.64. The molecular weight excluding hydrogens is 358 g/mol. The molecule has 0 saturated heterocycles. The molecule has 1 N–H and O–H groups in total. The Morgan fingerprint density at radius 3 is 2.84 bits per heavy atom. The molecule has 1 aromatic heterocycles. The van der Waals surface area contributed by atoms with E-state index in [0.717, 1.165) is 5.56 Å². The molecule has 1 heterocycles. The molecular formula is C18H16ClN3O2S. The summed E-state index contributed by atoms with van der Waals surface area (Å²) in [4.78, 5) is 17.6. The molecule has 0 aliphatic rings. The summed E-state index contributed by atoms with van der Waals surface area (Å²) in [6, 6.07) is 10.4. The number of rotatable bonds is 5. The predicted molar refractivity (Wildman–Crippen MR) is 104 cm³/mol. The van der Waals surface area contributed by atoms with Crippen molar-refractivity contribution in [1.29, 1.82) is 0 Å². The van der Waals surface area contributed by atoms with Crippen molar-refractivity contribution in [2.24, 2.45) is 0 Å². The van der Waals surface area contributed by atoms with Gasteiger partial charge >= 0.3 is 0 Å². The van der Waals surface area contributed by atoms with Crippen molar-refractivity contribution in [2.45, 2.75) is 11.8 Å². The normalized spacial score (nSPS) is 12.1. The Hall–Kier alpha value is -2.44. The van der Waals surface area contributed by atoms with E-state index in [1.165, 1.54) is 11.0 Å². The highest BCUT2D eigenvalue weighted by molar-refractivity contribution is 7.85. The minimum atomic E-state index is -1.19. The molecule has 1 unspecified atom stereocenters. The Balaban J connectivity index is 2.11. The molecule has 0 amide bonds. The van der Waals surface area contributed by atoms with Crippen LogP contribution in [-0.4, -0.2) is 19.6 Å². The van der Waals surface area contributed by atoms with Crippen molar-refractivity contribution >= 4 is 45.1 Å². The monoisotopic (exact) mass is 373 g/mol. The second kappa shape index (κ2) is 7.21. The molecule has 0 saturated carbocycles. The molecule has 0 radical (unpaired) electrons. The molecule has 0 spiro atoms. The lowest BCUT2D eigenvalue weighted by molar-refractivity contribution is 0.684. The van der Waals surface area contributed by atoms with Gasteiger partial charge in [0, 0.05) is 10.8 Å². The molecule has 0 aliphatic heterocycles. The maximum absolute atomic E-state index is 12.8. The highest BCUT2D eigenvalue weighted by Gasteiger charge is 2.11. The molecule has 0 fully saturated rings. The van der Waals surface area contributed by atoms with Crippen molar-refractivity contribution < 1.29 is 4.21 Å². The van der Waals surface area contributed by atoms with Crippen LogP contribution >= 0.6 is 11.6 Å². The Morgan fingerprint density at radius 2 is 2.12 bits per heavy atom. The standard InChI is InChI=1S/C18H16ClN3O2S/c1-3-12-5-7-15-14(9-12)18(23)22(11-20-15)21-16-10-13(19)6-8-17(16)25(24)4-2/h3,5-11,21H,1,4H2,2H3. The average Bonchev–Trinajstić information content (AvgIpc) is 2.63. The van der Waals surface area contributed by atoms with Crippen LogP contribution in [0.4, 0.5) is 5.69 Å². The lowest BCUT2D eigenvalue weighted by Gasteiger charge is -2.14. The minimum Gasteiger partial charge on any atom is -0.289 e. The molecule has 3 rings (SSSR count). The lowest BCUT2D eigenvalue weighted by atomic mass is 10.1. The van der Waals surface area contributed by atoms with Crippen molar-refractivity contribution in [3.63, 3.8) is 0 Å². The van der Waals surface area contributed by atoms with Crippen LogP contribution in [0.1, 0.15) is 12.5 Å². The third-order valence-electron chi connectivity index (χ3n) is 3.71. The first-order valence-corrected chi connectivity index (χ1v) is 9.32. The van der Waals surface area contributed by atoms with Gasteiger partial charge in [0.25, 0.3) is 5.56 Å². The molecule has 0 bridgehead atoms. The fraction of sp³-hybridized carbons (Fsp3) is 0.111. The summed E-state index contributed by atoms with van der Waals surface area (Å²) in [6.45, 7) is 5.54. The second-order valence-corrected chi connectivity index (χ2v) is 7.43. The van der Waals surface area contributed by atoms with E-state index in [9.17, 15) is 9.00 Å². The van der Waals surface area contributed by atoms with Gasteiger partial charge in [0.05, 0.1) is 32.3 Å². The number of aromatic nitrogens is 2. The number of fused-ring (bicyclic) bond motifs is 1. The zero-order chi connectivity index (χ0) is 18.0. The van der Waals surface area contributed by atoms with Crippen molar-refractivity contribution in [3.05, 3.63) is 70.2 Å². The van der Waals surface area contributed by atoms with E-state index in [0.29, 0.717) is 32.3 Å². The van der Waals surface area contributed by atoms with E-state index in [2.05, 4.69) is 17.0 Å². The van der Waals surface area contributed by atoms with Crippen LogP contribution < -0.4 is 11.0 Å².